The Morgan fingerprint density at radius 1 is 0.587 bits per heavy atom. The van der Waals surface area contributed by atoms with Gasteiger partial charge in [0.15, 0.2) is 0 Å². The average Bonchev–Trinajstić information content (AvgIpc) is 4.12. The maximum atomic E-state index is 13.2. The van der Waals surface area contributed by atoms with Crippen molar-refractivity contribution in [1.29, 1.82) is 0 Å². The van der Waals surface area contributed by atoms with E-state index < -0.39 is 17.9 Å². The van der Waals surface area contributed by atoms with Crippen molar-refractivity contribution in [3.05, 3.63) is 138 Å². The van der Waals surface area contributed by atoms with Gasteiger partial charge in [-0.3, -0.25) is 0 Å². The highest BCUT2D eigenvalue weighted by Gasteiger charge is 2.22. The molecule has 0 N–H and O–H groups in total. The highest BCUT2D eigenvalue weighted by atomic mass is 16.6. The molecule has 12 heteroatoms. The zero-order valence-corrected chi connectivity index (χ0v) is 35.9. The molecule has 63 heavy (non-hydrogen) atoms. The van der Waals surface area contributed by atoms with Crippen LogP contribution in [0, 0.1) is 0 Å². The lowest BCUT2D eigenvalue weighted by molar-refractivity contribution is -0.139. The molecule has 5 aromatic rings. The summed E-state index contributed by atoms with van der Waals surface area (Å²) in [4.78, 5) is 50.7. The number of carbonyl (C=O) groups excluding carboxylic acids is 4. The minimum Gasteiger partial charge on any atom is -0.494 e. The van der Waals surface area contributed by atoms with Crippen molar-refractivity contribution < 1.29 is 57.1 Å². The van der Waals surface area contributed by atoms with E-state index in [1.807, 2.05) is 31.2 Å². The van der Waals surface area contributed by atoms with Gasteiger partial charge in [-0.1, -0.05) is 32.1 Å². The van der Waals surface area contributed by atoms with Gasteiger partial charge in [-0.25, -0.2) is 19.2 Å². The van der Waals surface area contributed by atoms with E-state index in [4.69, 9.17) is 37.9 Å². The maximum absolute atomic E-state index is 13.2. The van der Waals surface area contributed by atoms with Crippen molar-refractivity contribution in [2.24, 2.45) is 0 Å². The molecule has 0 radical (unpaired) electrons. The third-order valence-electron chi connectivity index (χ3n) is 9.95. The summed E-state index contributed by atoms with van der Waals surface area (Å²) in [5.74, 6) is 0.328. The van der Waals surface area contributed by atoms with Crippen molar-refractivity contribution in [2.45, 2.75) is 71.3 Å². The van der Waals surface area contributed by atoms with Crippen molar-refractivity contribution in [3.8, 4) is 28.7 Å². The fourth-order valence-electron chi connectivity index (χ4n) is 6.37. The van der Waals surface area contributed by atoms with E-state index in [0.29, 0.717) is 79.0 Å². The van der Waals surface area contributed by atoms with Crippen LogP contribution in [0.1, 0.15) is 95.4 Å². The fraction of sp³-hybridized carbons (Fsp3) is 0.333. The number of unbranched alkanes of at least 4 members (excludes halogenated alkanes) is 4. The minimum absolute atomic E-state index is 0.264. The minimum atomic E-state index is -0.591. The van der Waals surface area contributed by atoms with E-state index in [2.05, 4.69) is 6.58 Å². The average molecular weight is 859 g/mol. The first kappa shape index (κ1) is 46.0. The summed E-state index contributed by atoms with van der Waals surface area (Å²) in [7, 11) is 0. The molecule has 0 aliphatic carbocycles. The third-order valence-corrected chi connectivity index (χ3v) is 9.95. The molecule has 0 bridgehead atoms. The molecule has 330 valence electrons. The number of hydrogen-bond acceptors (Lipinski definition) is 12. The predicted octanol–water partition coefficient (Wildman–Crippen LogP) is 10.1. The van der Waals surface area contributed by atoms with Gasteiger partial charge in [0.25, 0.3) is 0 Å². The van der Waals surface area contributed by atoms with Gasteiger partial charge < -0.3 is 37.9 Å². The number of carbonyl (C=O) groups is 4. The smallest absolute Gasteiger partial charge is 0.343 e. The van der Waals surface area contributed by atoms with Crippen LogP contribution in [0.3, 0.4) is 0 Å². The Balaban J connectivity index is 0.939. The quantitative estimate of drug-likeness (QED) is 0.0181. The van der Waals surface area contributed by atoms with Crippen LogP contribution in [0.4, 0.5) is 0 Å². The molecule has 1 aliphatic heterocycles. The van der Waals surface area contributed by atoms with Crippen LogP contribution >= 0.6 is 0 Å². The lowest BCUT2D eigenvalue weighted by atomic mass is 10.1. The second-order valence-electron chi connectivity index (χ2n) is 15.2. The number of hydrogen-bond donors (Lipinski definition) is 0. The highest BCUT2D eigenvalue weighted by Crippen LogP contribution is 2.29. The molecule has 0 spiro atoms. The first-order valence-corrected chi connectivity index (χ1v) is 21.5. The number of epoxide rings is 1. The molecule has 1 saturated heterocycles. The van der Waals surface area contributed by atoms with Gasteiger partial charge in [-0.05, 0) is 159 Å². The molecule has 0 amide bonds. The largest absolute Gasteiger partial charge is 0.494 e. The zero-order chi connectivity index (χ0) is 44.4. The first-order valence-electron chi connectivity index (χ1n) is 21.5. The highest BCUT2D eigenvalue weighted by molar-refractivity contribution is 5.97. The summed E-state index contributed by atoms with van der Waals surface area (Å²) in [6.07, 6.45) is 6.90. The van der Waals surface area contributed by atoms with Crippen LogP contribution in [-0.4, -0.2) is 69.6 Å². The topological polar surface area (TPSA) is 145 Å². The number of fused-ring (bicyclic) bond motifs is 1. The lowest BCUT2D eigenvalue weighted by Gasteiger charge is -2.13. The van der Waals surface area contributed by atoms with E-state index in [9.17, 15) is 19.2 Å². The SMILES string of the molecule is C=C(C)C(=O)OCCCCCCOc1ccc2cc(C(=O)Oc3ccc(OC(=O)c4ccc(OC(=O)c5ccc(OCCCCOCC6CO6)cc5)cc4)c(CCC)c3)ccc2c1. The second-order valence-corrected chi connectivity index (χ2v) is 15.2. The maximum Gasteiger partial charge on any atom is 0.343 e. The van der Waals surface area contributed by atoms with Crippen LogP contribution in [0.15, 0.2) is 115 Å². The molecule has 0 saturated carbocycles. The van der Waals surface area contributed by atoms with E-state index in [0.717, 1.165) is 68.1 Å². The van der Waals surface area contributed by atoms with E-state index >= 15 is 0 Å². The van der Waals surface area contributed by atoms with Gasteiger partial charge in [-0.2, -0.15) is 0 Å². The van der Waals surface area contributed by atoms with Crippen LogP contribution in [-0.2, 0) is 25.4 Å². The number of esters is 4. The zero-order valence-electron chi connectivity index (χ0n) is 35.9. The third kappa shape index (κ3) is 14.8. The Labute approximate surface area is 368 Å². The summed E-state index contributed by atoms with van der Waals surface area (Å²) >= 11 is 0. The number of aryl methyl sites for hydroxylation is 1. The van der Waals surface area contributed by atoms with Gasteiger partial charge in [0, 0.05) is 12.2 Å². The Morgan fingerprint density at radius 3 is 1.83 bits per heavy atom. The molecule has 1 atom stereocenters. The van der Waals surface area contributed by atoms with Crippen molar-refractivity contribution in [3.63, 3.8) is 0 Å². The van der Waals surface area contributed by atoms with Crippen molar-refractivity contribution in [1.82, 2.24) is 0 Å². The molecule has 1 unspecified atom stereocenters. The van der Waals surface area contributed by atoms with E-state index in [1.165, 1.54) is 24.3 Å². The summed E-state index contributed by atoms with van der Waals surface area (Å²) in [6.45, 7) is 10.8. The van der Waals surface area contributed by atoms with Crippen LogP contribution in [0.5, 0.6) is 28.7 Å². The van der Waals surface area contributed by atoms with Crippen LogP contribution in [0.2, 0.25) is 0 Å². The molecular weight excluding hydrogens is 805 g/mol. The van der Waals surface area contributed by atoms with Gasteiger partial charge in [0.1, 0.15) is 34.9 Å². The molecule has 1 aliphatic rings. The summed E-state index contributed by atoms with van der Waals surface area (Å²) in [5.41, 5.74) is 2.12. The van der Waals surface area contributed by atoms with Gasteiger partial charge in [-0.15, -0.1) is 0 Å². The lowest BCUT2D eigenvalue weighted by Crippen LogP contribution is -2.12. The summed E-state index contributed by atoms with van der Waals surface area (Å²) < 4.78 is 44.6. The van der Waals surface area contributed by atoms with Gasteiger partial charge >= 0.3 is 23.9 Å². The Morgan fingerprint density at radius 2 is 1.13 bits per heavy atom. The van der Waals surface area contributed by atoms with Crippen molar-refractivity contribution in [2.75, 3.05) is 39.6 Å². The number of rotatable bonds is 25. The van der Waals surface area contributed by atoms with Crippen LogP contribution in [0.25, 0.3) is 10.8 Å². The Hall–Kier alpha value is -6.50. The fourth-order valence-corrected chi connectivity index (χ4v) is 6.37. The number of ether oxygens (including phenoxy) is 8. The summed E-state index contributed by atoms with van der Waals surface area (Å²) in [6, 6.07) is 28.8. The molecule has 1 heterocycles. The second kappa shape index (κ2) is 23.6. The Kier molecular flexibility index (Phi) is 17.3. The molecule has 0 aromatic heterocycles. The monoisotopic (exact) mass is 858 g/mol. The van der Waals surface area contributed by atoms with E-state index in [-0.39, 0.29) is 23.4 Å². The summed E-state index contributed by atoms with van der Waals surface area (Å²) in [5, 5.41) is 1.79. The number of benzene rings is 5. The van der Waals surface area contributed by atoms with Gasteiger partial charge in [0.05, 0.1) is 49.7 Å². The van der Waals surface area contributed by atoms with E-state index in [1.54, 1.807) is 61.5 Å². The van der Waals surface area contributed by atoms with Crippen LogP contribution < -0.4 is 23.7 Å². The van der Waals surface area contributed by atoms with Gasteiger partial charge in [0.2, 0.25) is 0 Å². The first-order chi connectivity index (χ1) is 30.6. The molecule has 1 fully saturated rings. The molecular formula is C51H54O12. The molecule has 6 rings (SSSR count). The standard InChI is InChI=1S/C51H54O12/c1-4-11-40-32-45(62-51(55)41-13-12-39-31-44(23-18-38(39)30-41)58-27-7-5-6-8-29-59-48(52)35(2)3)24-25-47(40)63-50(54)37-16-21-43(22-17-37)61-49(53)36-14-19-42(20-15-36)57-28-10-9-26-56-33-46-34-60-46/h12-25,30-32,46H,2,4-11,26-29,33-34H2,1,3H3. The molecule has 5 aromatic carbocycles. The Bertz CT molecular complexity index is 2330. The van der Waals surface area contributed by atoms with Crippen molar-refractivity contribution >= 4 is 34.6 Å². The predicted molar refractivity (Wildman–Crippen MR) is 237 cm³/mol. The normalized spacial score (nSPS) is 12.9. The molecule has 12 nitrogen and oxygen atoms in total.